The van der Waals surface area contributed by atoms with Crippen molar-refractivity contribution in [1.29, 1.82) is 0 Å². The SMILES string of the molecule is CCCCCOc1ccc(/C(O)=C2/C(=O)C(=O)N(c3ccc(C(C)C)cc3)C2c2ccc(N(CC)CC)cc2)cc1. The quantitative estimate of drug-likeness (QED) is 0.107. The van der Waals surface area contributed by atoms with E-state index in [1.165, 1.54) is 4.90 Å². The van der Waals surface area contributed by atoms with E-state index in [0.29, 0.717) is 29.5 Å². The summed E-state index contributed by atoms with van der Waals surface area (Å²) in [6, 6.07) is 21.9. The van der Waals surface area contributed by atoms with Crippen molar-refractivity contribution in [2.75, 3.05) is 29.5 Å². The Morgan fingerprint density at radius 3 is 2.07 bits per heavy atom. The number of amides is 1. The average Bonchev–Trinajstić information content (AvgIpc) is 3.26. The second-order valence-electron chi connectivity index (χ2n) is 10.8. The lowest BCUT2D eigenvalue weighted by Crippen LogP contribution is -2.29. The van der Waals surface area contributed by atoms with Crippen LogP contribution in [0.1, 0.15) is 82.5 Å². The van der Waals surface area contributed by atoms with Gasteiger partial charge in [0, 0.05) is 30.0 Å². The number of aliphatic hydroxyl groups excluding tert-OH is 1. The van der Waals surface area contributed by atoms with Gasteiger partial charge in [0.15, 0.2) is 0 Å². The van der Waals surface area contributed by atoms with Gasteiger partial charge in [-0.05, 0) is 85.8 Å². The number of hydrogen-bond acceptors (Lipinski definition) is 5. The molecule has 1 unspecified atom stereocenters. The van der Waals surface area contributed by atoms with Crippen LogP contribution in [0, 0.1) is 0 Å². The van der Waals surface area contributed by atoms with Crippen molar-refractivity contribution in [3.8, 4) is 5.75 Å². The van der Waals surface area contributed by atoms with E-state index in [1.54, 1.807) is 24.3 Å². The molecule has 1 amide bonds. The number of nitrogens with zero attached hydrogens (tertiary/aromatic N) is 2. The minimum absolute atomic E-state index is 0.0788. The molecule has 1 aliphatic rings. The van der Waals surface area contributed by atoms with Crippen LogP contribution in [0.15, 0.2) is 78.4 Å². The third-order valence-corrected chi connectivity index (χ3v) is 7.76. The number of rotatable bonds is 12. The van der Waals surface area contributed by atoms with Crippen LogP contribution in [0.2, 0.25) is 0 Å². The van der Waals surface area contributed by atoms with E-state index >= 15 is 0 Å². The molecule has 41 heavy (non-hydrogen) atoms. The number of carbonyl (C=O) groups is 2. The number of ether oxygens (including phenoxy) is 1. The third-order valence-electron chi connectivity index (χ3n) is 7.76. The van der Waals surface area contributed by atoms with Gasteiger partial charge in [0.05, 0.1) is 18.2 Å². The van der Waals surface area contributed by atoms with Gasteiger partial charge in [-0.3, -0.25) is 14.5 Å². The van der Waals surface area contributed by atoms with Crippen LogP contribution in [-0.2, 0) is 9.59 Å². The Morgan fingerprint density at radius 2 is 1.51 bits per heavy atom. The van der Waals surface area contributed by atoms with Crippen molar-refractivity contribution in [3.63, 3.8) is 0 Å². The maximum atomic E-state index is 13.6. The molecule has 4 rings (SSSR count). The Labute approximate surface area is 244 Å². The molecule has 0 saturated carbocycles. The Hall–Kier alpha value is -4.06. The summed E-state index contributed by atoms with van der Waals surface area (Å²) in [4.78, 5) is 30.9. The molecule has 216 valence electrons. The van der Waals surface area contributed by atoms with Crippen molar-refractivity contribution >= 4 is 28.8 Å². The summed E-state index contributed by atoms with van der Waals surface area (Å²) >= 11 is 0. The van der Waals surface area contributed by atoms with E-state index in [1.807, 2.05) is 48.5 Å². The molecule has 3 aromatic rings. The zero-order valence-corrected chi connectivity index (χ0v) is 24.9. The van der Waals surface area contributed by atoms with Gasteiger partial charge in [0.25, 0.3) is 11.7 Å². The molecule has 6 nitrogen and oxygen atoms in total. The summed E-state index contributed by atoms with van der Waals surface area (Å²) in [6.45, 7) is 12.9. The summed E-state index contributed by atoms with van der Waals surface area (Å²) < 4.78 is 5.82. The number of ketones is 1. The molecule has 6 heteroatoms. The summed E-state index contributed by atoms with van der Waals surface area (Å²) in [7, 11) is 0. The van der Waals surface area contributed by atoms with Crippen molar-refractivity contribution in [2.45, 2.75) is 65.8 Å². The molecule has 1 atom stereocenters. The first-order valence-corrected chi connectivity index (χ1v) is 14.8. The van der Waals surface area contributed by atoms with Gasteiger partial charge in [-0.2, -0.15) is 0 Å². The highest BCUT2D eigenvalue weighted by Gasteiger charge is 2.47. The number of hydrogen-bond donors (Lipinski definition) is 1. The molecule has 0 aromatic heterocycles. The smallest absolute Gasteiger partial charge is 0.300 e. The number of aliphatic hydroxyl groups is 1. The second kappa shape index (κ2) is 13.5. The van der Waals surface area contributed by atoms with Crippen molar-refractivity contribution in [1.82, 2.24) is 0 Å². The van der Waals surface area contributed by atoms with Crippen molar-refractivity contribution in [3.05, 3.63) is 95.1 Å². The van der Waals surface area contributed by atoms with Crippen LogP contribution in [0.25, 0.3) is 5.76 Å². The first-order chi connectivity index (χ1) is 19.8. The summed E-state index contributed by atoms with van der Waals surface area (Å²) in [6.07, 6.45) is 3.21. The average molecular weight is 555 g/mol. The van der Waals surface area contributed by atoms with Gasteiger partial charge in [-0.15, -0.1) is 0 Å². The van der Waals surface area contributed by atoms with Gasteiger partial charge >= 0.3 is 0 Å². The van der Waals surface area contributed by atoms with Crippen LogP contribution in [0.3, 0.4) is 0 Å². The lowest BCUT2D eigenvalue weighted by Gasteiger charge is -2.27. The number of Topliss-reactive ketones (excluding diaryl/α,β-unsaturated/α-hetero) is 1. The Morgan fingerprint density at radius 1 is 0.878 bits per heavy atom. The monoisotopic (exact) mass is 554 g/mol. The Kier molecular flexibility index (Phi) is 9.87. The zero-order chi connectivity index (χ0) is 29.5. The molecule has 1 N–H and O–H groups in total. The molecule has 0 aliphatic carbocycles. The summed E-state index contributed by atoms with van der Waals surface area (Å²) in [5, 5.41) is 11.5. The topological polar surface area (TPSA) is 70.1 Å². The van der Waals surface area contributed by atoms with E-state index in [-0.39, 0.29) is 11.3 Å². The maximum Gasteiger partial charge on any atom is 0.300 e. The van der Waals surface area contributed by atoms with Gasteiger partial charge in [0.1, 0.15) is 11.5 Å². The number of anilines is 2. The second-order valence-corrected chi connectivity index (χ2v) is 10.8. The van der Waals surface area contributed by atoms with Gasteiger partial charge < -0.3 is 14.7 Å². The fourth-order valence-electron chi connectivity index (χ4n) is 5.30. The van der Waals surface area contributed by atoms with Crippen LogP contribution >= 0.6 is 0 Å². The van der Waals surface area contributed by atoms with Gasteiger partial charge in [-0.25, -0.2) is 0 Å². The van der Waals surface area contributed by atoms with Crippen LogP contribution in [-0.4, -0.2) is 36.5 Å². The molecule has 0 spiro atoms. The molecule has 0 radical (unpaired) electrons. The van der Waals surface area contributed by atoms with E-state index in [9.17, 15) is 14.7 Å². The third kappa shape index (κ3) is 6.48. The molecular weight excluding hydrogens is 512 g/mol. The largest absolute Gasteiger partial charge is 0.507 e. The highest BCUT2D eigenvalue weighted by molar-refractivity contribution is 6.51. The normalized spacial score (nSPS) is 16.4. The minimum atomic E-state index is -0.768. The summed E-state index contributed by atoms with van der Waals surface area (Å²) in [5.41, 5.74) is 4.11. The maximum absolute atomic E-state index is 13.6. The summed E-state index contributed by atoms with van der Waals surface area (Å²) in [5.74, 6) is -0.515. The molecule has 3 aromatic carbocycles. The molecule has 1 fully saturated rings. The zero-order valence-electron chi connectivity index (χ0n) is 24.9. The lowest BCUT2D eigenvalue weighted by atomic mass is 9.94. The minimum Gasteiger partial charge on any atom is -0.507 e. The van der Waals surface area contributed by atoms with Gasteiger partial charge in [0.2, 0.25) is 0 Å². The van der Waals surface area contributed by atoms with E-state index < -0.39 is 17.7 Å². The number of carbonyl (C=O) groups excluding carboxylic acids is 2. The van der Waals surface area contributed by atoms with Crippen LogP contribution in [0.4, 0.5) is 11.4 Å². The fourth-order valence-corrected chi connectivity index (χ4v) is 5.30. The number of benzene rings is 3. The molecule has 1 saturated heterocycles. The van der Waals surface area contributed by atoms with E-state index in [0.717, 1.165) is 49.2 Å². The highest BCUT2D eigenvalue weighted by Crippen LogP contribution is 2.43. The lowest BCUT2D eigenvalue weighted by molar-refractivity contribution is -0.132. The van der Waals surface area contributed by atoms with Crippen molar-refractivity contribution < 1.29 is 19.4 Å². The number of unbranched alkanes of at least 4 members (excludes halogenated alkanes) is 2. The fraction of sp³-hybridized carbons (Fsp3) is 0.371. The molecule has 1 heterocycles. The van der Waals surface area contributed by atoms with Crippen molar-refractivity contribution in [2.24, 2.45) is 0 Å². The predicted molar refractivity (Wildman–Crippen MR) is 167 cm³/mol. The first kappa shape index (κ1) is 29.9. The van der Waals surface area contributed by atoms with Gasteiger partial charge in [-0.1, -0.05) is 57.9 Å². The molecule has 1 aliphatic heterocycles. The predicted octanol–water partition coefficient (Wildman–Crippen LogP) is 7.85. The Bertz CT molecular complexity index is 1350. The first-order valence-electron chi connectivity index (χ1n) is 14.8. The van der Waals surface area contributed by atoms with E-state index in [4.69, 9.17) is 4.74 Å². The molecular formula is C35H42N2O4. The standard InChI is InChI=1S/C35H42N2O4/c1-6-9-10-23-41-30-21-15-27(16-22-30)33(38)31-32(26-13-17-28(18-14-26)36(7-2)8-3)37(35(40)34(31)39)29-19-11-25(12-20-29)24(4)5/h11-22,24,32,38H,6-10,23H2,1-5H3/b33-31-. The Balaban J connectivity index is 1.76. The van der Waals surface area contributed by atoms with E-state index in [2.05, 4.69) is 39.5 Å². The van der Waals surface area contributed by atoms with Crippen LogP contribution in [0.5, 0.6) is 5.75 Å². The van der Waals surface area contributed by atoms with Crippen LogP contribution < -0.4 is 14.5 Å². The molecule has 0 bridgehead atoms. The highest BCUT2D eigenvalue weighted by atomic mass is 16.5.